The molecule has 0 bridgehead atoms. The van der Waals surface area contributed by atoms with Crippen LogP contribution in [0.25, 0.3) is 0 Å². The fourth-order valence-corrected chi connectivity index (χ4v) is 1.33. The molecule has 0 radical (unpaired) electrons. The minimum Gasteiger partial charge on any atom is -0.330 e. The first-order valence-corrected chi connectivity index (χ1v) is 5.10. The number of amides is 1. The van der Waals surface area contributed by atoms with Crippen LogP contribution in [-0.2, 0) is 4.79 Å². The average molecular weight is 243 g/mol. The van der Waals surface area contributed by atoms with Crippen molar-refractivity contribution in [3.63, 3.8) is 0 Å². The topological polar surface area (TPSA) is 46.3 Å². The second-order valence-electron chi connectivity index (χ2n) is 3.87. The van der Waals surface area contributed by atoms with Crippen LogP contribution in [-0.4, -0.2) is 19.5 Å². The van der Waals surface area contributed by atoms with Crippen LogP contribution in [0.2, 0.25) is 0 Å². The van der Waals surface area contributed by atoms with Crippen molar-refractivity contribution in [1.82, 2.24) is 0 Å². The van der Waals surface area contributed by atoms with E-state index in [4.69, 9.17) is 5.73 Å². The van der Waals surface area contributed by atoms with Gasteiger partial charge in [0.15, 0.2) is 0 Å². The van der Waals surface area contributed by atoms with E-state index in [1.54, 1.807) is 11.9 Å². The van der Waals surface area contributed by atoms with Crippen molar-refractivity contribution in [2.45, 2.75) is 13.8 Å². The van der Waals surface area contributed by atoms with Crippen molar-refractivity contribution in [2.24, 2.45) is 11.7 Å². The predicted molar refractivity (Wildman–Crippen MR) is 70.1 cm³/mol. The van der Waals surface area contributed by atoms with Gasteiger partial charge >= 0.3 is 0 Å². The van der Waals surface area contributed by atoms with Gasteiger partial charge in [-0.15, -0.1) is 12.4 Å². The lowest BCUT2D eigenvalue weighted by Crippen LogP contribution is -2.35. The fraction of sp³-hybridized carbons (Fsp3) is 0.417. The first-order valence-electron chi connectivity index (χ1n) is 5.10. The Morgan fingerprint density at radius 2 is 1.88 bits per heavy atom. The molecule has 0 aliphatic heterocycles. The normalized spacial score (nSPS) is 11.5. The molecule has 0 aromatic heterocycles. The number of hydrogen-bond acceptors (Lipinski definition) is 2. The number of rotatable bonds is 3. The molecule has 1 aromatic rings. The van der Waals surface area contributed by atoms with Gasteiger partial charge in [0, 0.05) is 25.2 Å². The Labute approximate surface area is 103 Å². The number of benzene rings is 1. The number of carbonyl (C=O) groups excluding carboxylic acids is 1. The summed E-state index contributed by atoms with van der Waals surface area (Å²) in [4.78, 5) is 13.5. The van der Waals surface area contributed by atoms with Crippen LogP contribution < -0.4 is 10.6 Å². The van der Waals surface area contributed by atoms with Crippen LogP contribution in [0.1, 0.15) is 12.5 Å². The summed E-state index contributed by atoms with van der Waals surface area (Å²) in [6.45, 7) is 4.25. The monoisotopic (exact) mass is 242 g/mol. The third kappa shape index (κ3) is 3.51. The highest BCUT2D eigenvalue weighted by atomic mass is 35.5. The molecule has 0 saturated heterocycles. The van der Waals surface area contributed by atoms with E-state index >= 15 is 0 Å². The number of carbonyl (C=O) groups is 1. The third-order valence-electron chi connectivity index (χ3n) is 2.53. The summed E-state index contributed by atoms with van der Waals surface area (Å²) >= 11 is 0. The summed E-state index contributed by atoms with van der Waals surface area (Å²) in [6.07, 6.45) is 0. The van der Waals surface area contributed by atoms with Crippen LogP contribution in [0, 0.1) is 12.8 Å². The second-order valence-corrected chi connectivity index (χ2v) is 3.87. The minimum absolute atomic E-state index is 0. The van der Waals surface area contributed by atoms with E-state index in [9.17, 15) is 4.79 Å². The van der Waals surface area contributed by atoms with E-state index in [2.05, 4.69) is 0 Å². The number of nitrogens with two attached hydrogens (primary N) is 1. The summed E-state index contributed by atoms with van der Waals surface area (Å²) in [5.41, 5.74) is 7.56. The van der Waals surface area contributed by atoms with Crippen LogP contribution in [0.15, 0.2) is 24.3 Å². The summed E-state index contributed by atoms with van der Waals surface area (Å²) in [5.74, 6) is -0.0716. The molecule has 3 nitrogen and oxygen atoms in total. The minimum atomic E-state index is -0.128. The summed E-state index contributed by atoms with van der Waals surface area (Å²) in [7, 11) is 1.78. The van der Waals surface area contributed by atoms with E-state index in [1.165, 1.54) is 5.56 Å². The molecule has 1 rings (SSSR count). The number of halogens is 1. The zero-order valence-electron chi connectivity index (χ0n) is 9.93. The van der Waals surface area contributed by atoms with E-state index < -0.39 is 0 Å². The molecular weight excluding hydrogens is 224 g/mol. The Bertz CT molecular complexity index is 337. The number of aryl methyl sites for hydroxylation is 1. The molecule has 0 spiro atoms. The Hall–Kier alpha value is -1.06. The van der Waals surface area contributed by atoms with Gasteiger partial charge in [0.1, 0.15) is 0 Å². The summed E-state index contributed by atoms with van der Waals surface area (Å²) < 4.78 is 0. The molecule has 0 fully saturated rings. The zero-order chi connectivity index (χ0) is 11.4. The lowest BCUT2D eigenvalue weighted by Gasteiger charge is -2.20. The van der Waals surface area contributed by atoms with Gasteiger partial charge < -0.3 is 10.6 Å². The van der Waals surface area contributed by atoms with E-state index in [-0.39, 0.29) is 24.2 Å². The maximum Gasteiger partial charge on any atom is 0.230 e. The maximum absolute atomic E-state index is 11.8. The second kappa shape index (κ2) is 6.51. The Kier molecular flexibility index (Phi) is 6.08. The number of nitrogens with zero attached hydrogens (tertiary/aromatic N) is 1. The van der Waals surface area contributed by atoms with Crippen molar-refractivity contribution in [2.75, 3.05) is 18.5 Å². The number of hydrogen-bond donors (Lipinski definition) is 1. The Morgan fingerprint density at radius 1 is 1.38 bits per heavy atom. The fourth-order valence-electron chi connectivity index (χ4n) is 1.33. The number of anilines is 1. The van der Waals surface area contributed by atoms with E-state index in [0.29, 0.717) is 6.54 Å². The third-order valence-corrected chi connectivity index (χ3v) is 2.53. The molecule has 0 heterocycles. The van der Waals surface area contributed by atoms with Gasteiger partial charge in [-0.2, -0.15) is 0 Å². The highest BCUT2D eigenvalue weighted by molar-refractivity contribution is 5.94. The first-order chi connectivity index (χ1) is 7.06. The molecule has 90 valence electrons. The van der Waals surface area contributed by atoms with Crippen LogP contribution in [0.3, 0.4) is 0 Å². The molecule has 1 aromatic carbocycles. The van der Waals surface area contributed by atoms with Gasteiger partial charge in [0.25, 0.3) is 0 Å². The SMILES string of the molecule is Cc1ccc(N(C)C(=O)C(C)CN)cc1.Cl. The highest BCUT2D eigenvalue weighted by Gasteiger charge is 2.16. The van der Waals surface area contributed by atoms with Gasteiger partial charge in [-0.3, -0.25) is 4.79 Å². The molecule has 16 heavy (non-hydrogen) atoms. The Balaban J connectivity index is 0.00000225. The molecule has 1 atom stereocenters. The van der Waals surface area contributed by atoms with Crippen molar-refractivity contribution < 1.29 is 4.79 Å². The quantitative estimate of drug-likeness (QED) is 0.881. The highest BCUT2D eigenvalue weighted by Crippen LogP contribution is 2.15. The van der Waals surface area contributed by atoms with Crippen molar-refractivity contribution in [1.29, 1.82) is 0 Å². The Morgan fingerprint density at radius 3 is 2.31 bits per heavy atom. The molecule has 0 aliphatic rings. The van der Waals surface area contributed by atoms with Crippen LogP contribution in [0.4, 0.5) is 5.69 Å². The van der Waals surface area contributed by atoms with Crippen molar-refractivity contribution in [3.05, 3.63) is 29.8 Å². The molecule has 1 unspecified atom stereocenters. The summed E-state index contributed by atoms with van der Waals surface area (Å²) in [6, 6.07) is 7.87. The average Bonchev–Trinajstić information content (AvgIpc) is 2.27. The molecule has 0 saturated carbocycles. The van der Waals surface area contributed by atoms with Gasteiger partial charge in [0.05, 0.1) is 0 Å². The van der Waals surface area contributed by atoms with Crippen molar-refractivity contribution >= 4 is 24.0 Å². The smallest absolute Gasteiger partial charge is 0.230 e. The molecule has 4 heteroatoms. The van der Waals surface area contributed by atoms with E-state index in [0.717, 1.165) is 5.69 Å². The largest absolute Gasteiger partial charge is 0.330 e. The van der Waals surface area contributed by atoms with Crippen LogP contribution >= 0.6 is 12.4 Å². The molecule has 1 amide bonds. The summed E-state index contributed by atoms with van der Waals surface area (Å²) in [5, 5.41) is 0. The van der Waals surface area contributed by atoms with Gasteiger partial charge in [-0.05, 0) is 19.1 Å². The molecule has 0 aliphatic carbocycles. The van der Waals surface area contributed by atoms with Gasteiger partial charge in [-0.25, -0.2) is 0 Å². The van der Waals surface area contributed by atoms with Crippen LogP contribution in [0.5, 0.6) is 0 Å². The van der Waals surface area contributed by atoms with Gasteiger partial charge in [0.2, 0.25) is 5.91 Å². The standard InChI is InChI=1S/C12H18N2O.ClH/c1-9-4-6-11(7-5-9)14(3)12(15)10(2)8-13;/h4-7,10H,8,13H2,1-3H3;1H. The lowest BCUT2D eigenvalue weighted by molar-refractivity contribution is -0.121. The first kappa shape index (κ1) is 14.9. The van der Waals surface area contributed by atoms with E-state index in [1.807, 2.05) is 38.1 Å². The van der Waals surface area contributed by atoms with Gasteiger partial charge in [-0.1, -0.05) is 24.6 Å². The lowest BCUT2D eigenvalue weighted by atomic mass is 10.1. The predicted octanol–water partition coefficient (Wildman–Crippen LogP) is 1.97. The maximum atomic E-state index is 11.8. The molecular formula is C12H19ClN2O. The molecule has 2 N–H and O–H groups in total. The van der Waals surface area contributed by atoms with Crippen molar-refractivity contribution in [3.8, 4) is 0 Å². The zero-order valence-corrected chi connectivity index (χ0v) is 10.8.